The van der Waals surface area contributed by atoms with E-state index in [1.54, 1.807) is 37.5 Å². The maximum atomic E-state index is 10.8. The van der Waals surface area contributed by atoms with E-state index < -0.39 is 58.3 Å². The Balaban J connectivity index is 0.000000268. The average Bonchev–Trinajstić information content (AvgIpc) is 3.50. The van der Waals surface area contributed by atoms with Crippen molar-refractivity contribution in [3.8, 4) is 34.5 Å². The SMILES string of the molecule is COc1c([N+](=O)[O-])[c-]c([N+](=O)[O-])c(OC)c1OC.COc1c([N+](=O)[O-])[c-]c([N+](=O)[O-])c(OC)c1OC.[Cl][Pt+].[Cl][Pt+].c1ccc(P(c2ccccc2)c2ccccc2)cc1.c1ccc(P(c2ccccc2)c2ccccc2)cc1. The predicted octanol–water partition coefficient (Wildman–Crippen LogP) is 10.9. The van der Waals surface area contributed by atoms with Crippen LogP contribution in [0.25, 0.3) is 0 Å². The van der Waals surface area contributed by atoms with Crippen molar-refractivity contribution in [1.29, 1.82) is 0 Å². The van der Waals surface area contributed by atoms with E-state index in [9.17, 15) is 40.5 Å². The van der Waals surface area contributed by atoms with Gasteiger partial charge in [0.1, 0.15) is 34.5 Å². The Hall–Kier alpha value is -7.02. The van der Waals surface area contributed by atoms with Crippen LogP contribution in [-0.4, -0.2) is 62.4 Å². The largest absolute Gasteiger partial charge is 0.0622 e. The topological polar surface area (TPSA) is 228 Å². The third-order valence-corrected chi connectivity index (χ3v) is 15.1. The van der Waals surface area contributed by atoms with Crippen LogP contribution in [-0.2, 0) is 37.5 Å². The zero-order valence-corrected chi connectivity index (χ0v) is 50.0. The van der Waals surface area contributed by atoms with E-state index >= 15 is 0 Å². The molecule has 8 rings (SSSR count). The van der Waals surface area contributed by atoms with Crippen LogP contribution in [0.2, 0.25) is 0 Å². The van der Waals surface area contributed by atoms with Gasteiger partial charge in [-0.25, -0.2) is 0 Å². The molecule has 0 atom stereocenters. The number of nitrogens with zero attached hydrogens (tertiary/aromatic N) is 4. The summed E-state index contributed by atoms with van der Waals surface area (Å²) < 4.78 is 28.9. The van der Waals surface area contributed by atoms with Crippen molar-refractivity contribution < 1.29 is 85.7 Å². The van der Waals surface area contributed by atoms with E-state index in [-0.39, 0.29) is 34.5 Å². The van der Waals surface area contributed by atoms with Gasteiger partial charge in [-0.05, 0) is 59.8 Å². The molecule has 0 amide bonds. The maximum absolute atomic E-state index is 10.8. The van der Waals surface area contributed by atoms with Crippen molar-refractivity contribution in [2.45, 2.75) is 0 Å². The standard InChI is InChI=1S/2C18H15P.2C9H9N2O7.2ClH.2Pt/c2*1-4-10-16(11-5-1)19(17-12-6-2-7-13-17)18-14-8-3-9-15-18;2*1-16-7-5(10(12)13)4-6(11(14)15)8(17-2)9(7)18-3;;;;/h2*1-15H;2*1-3H3;2*1H;;/q;;2*-1;;;2*+2/p-2. The Kier molecular flexibility index (Phi) is 29.6. The van der Waals surface area contributed by atoms with E-state index in [0.717, 1.165) is 0 Å². The average molecular weight is 1500 g/mol. The molecule has 0 N–H and O–H groups in total. The summed E-state index contributed by atoms with van der Waals surface area (Å²) in [7, 11) is 15.4. The van der Waals surface area contributed by atoms with Crippen molar-refractivity contribution >= 4 is 89.3 Å². The summed E-state index contributed by atoms with van der Waals surface area (Å²) >= 11 is 3.22. The van der Waals surface area contributed by atoms with Crippen molar-refractivity contribution in [3.05, 3.63) is 235 Å². The van der Waals surface area contributed by atoms with E-state index in [4.69, 9.17) is 28.4 Å². The molecular weight excluding hydrogens is 1450 g/mol. The van der Waals surface area contributed by atoms with Gasteiger partial charge in [-0.2, -0.15) is 0 Å². The second-order valence-electron chi connectivity index (χ2n) is 14.6. The van der Waals surface area contributed by atoms with E-state index in [0.29, 0.717) is 0 Å². The van der Waals surface area contributed by atoms with Gasteiger partial charge in [-0.3, -0.25) is 40.5 Å². The fourth-order valence-electron chi connectivity index (χ4n) is 7.09. The third kappa shape index (κ3) is 18.0. The molecule has 78 heavy (non-hydrogen) atoms. The Bertz CT molecular complexity index is 2640. The van der Waals surface area contributed by atoms with Gasteiger partial charge in [0.2, 0.25) is 22.7 Å². The summed E-state index contributed by atoms with van der Waals surface area (Å²) in [5.74, 6) is -1.60. The number of methoxy groups -OCH3 is 6. The van der Waals surface area contributed by atoms with Crippen LogP contribution in [0.1, 0.15) is 0 Å². The van der Waals surface area contributed by atoms with Crippen LogP contribution in [0.5, 0.6) is 34.5 Å². The number of rotatable bonds is 16. The molecule has 24 heteroatoms. The summed E-state index contributed by atoms with van der Waals surface area (Å²) in [4.78, 5) is 39.8. The zero-order valence-electron chi connectivity index (χ0n) is 42.1. The number of hydrogen-bond acceptors (Lipinski definition) is 14. The molecule has 0 saturated carbocycles. The second-order valence-corrected chi connectivity index (χ2v) is 19.0. The first kappa shape index (κ1) is 65.3. The molecule has 0 aromatic heterocycles. The molecule has 18 nitrogen and oxygen atoms in total. The van der Waals surface area contributed by atoms with Gasteiger partial charge in [0.25, 0.3) is 0 Å². The summed E-state index contributed by atoms with van der Waals surface area (Å²) in [6, 6.07) is 68.7. The van der Waals surface area contributed by atoms with Crippen LogP contribution in [0, 0.1) is 52.6 Å². The van der Waals surface area contributed by atoms with Crippen LogP contribution in [0.3, 0.4) is 0 Å². The van der Waals surface area contributed by atoms with Gasteiger partial charge < -0.3 is 28.4 Å². The number of nitro groups is 4. The van der Waals surface area contributed by atoms with Crippen LogP contribution < -0.4 is 60.2 Å². The minimum absolute atomic E-state index is 0.225. The molecule has 412 valence electrons. The van der Waals surface area contributed by atoms with Gasteiger partial charge in [-0.15, -0.1) is 0 Å². The summed E-state index contributed by atoms with van der Waals surface area (Å²) in [5.41, 5.74) is -2.77. The zero-order chi connectivity index (χ0) is 57.6. The molecular formula is C54H48Cl2N4O14P2Pt2. The molecule has 8 aromatic carbocycles. The summed E-state index contributed by atoms with van der Waals surface area (Å²) in [6.07, 6.45) is 0. The molecule has 8 aromatic rings. The van der Waals surface area contributed by atoms with Crippen LogP contribution >= 0.6 is 34.7 Å². The molecule has 0 saturated heterocycles. The summed E-state index contributed by atoms with van der Waals surface area (Å²) in [6.45, 7) is 0. The van der Waals surface area contributed by atoms with Gasteiger partial charge in [0, 0.05) is 19.7 Å². The van der Waals surface area contributed by atoms with Gasteiger partial charge in [0.15, 0.2) is 0 Å². The normalized spacial score (nSPS) is 9.82. The molecule has 0 aliphatic carbocycles. The fourth-order valence-corrected chi connectivity index (χ4v) is 11.7. The van der Waals surface area contributed by atoms with Crippen molar-refractivity contribution in [1.82, 2.24) is 0 Å². The van der Waals surface area contributed by atoms with E-state index in [2.05, 4.69) is 201 Å². The van der Waals surface area contributed by atoms with Crippen molar-refractivity contribution in [3.63, 3.8) is 0 Å². The molecule has 0 spiro atoms. The van der Waals surface area contributed by atoms with Gasteiger partial charge in [-0.1, -0.05) is 182 Å². The Morgan fingerprint density at radius 1 is 0.308 bits per heavy atom. The van der Waals surface area contributed by atoms with Gasteiger partial charge >= 0.3 is 56.4 Å². The first-order chi connectivity index (χ1) is 37.8. The van der Waals surface area contributed by atoms with Gasteiger partial charge in [0.05, 0.1) is 42.7 Å². The molecule has 0 unspecified atom stereocenters. The first-order valence-corrected chi connectivity index (χ1v) is 30.4. The van der Waals surface area contributed by atoms with E-state index in [1.165, 1.54) is 74.5 Å². The number of nitro benzene ring substituents is 4. The molecule has 0 radical (unpaired) electrons. The Morgan fingerprint density at radius 2 is 0.449 bits per heavy atom. The minimum Gasteiger partial charge on any atom is -0.0622 e. The number of halogens is 2. The Labute approximate surface area is 483 Å². The predicted molar refractivity (Wildman–Crippen MR) is 298 cm³/mol. The fraction of sp³-hybridized carbons (Fsp3) is 0.111. The molecule has 0 heterocycles. The minimum atomic E-state index is -0.853. The smallest absolute Gasteiger partial charge is 0.0134 e. The maximum Gasteiger partial charge on any atom is -0.0134 e. The number of hydrogen-bond donors (Lipinski definition) is 0. The number of ether oxygens (including phenoxy) is 6. The molecule has 0 aliphatic heterocycles. The molecule has 0 bridgehead atoms. The monoisotopic (exact) mass is 1500 g/mol. The first-order valence-electron chi connectivity index (χ1n) is 22.1. The second kappa shape index (κ2) is 35.4. The van der Waals surface area contributed by atoms with Crippen molar-refractivity contribution in [2.24, 2.45) is 0 Å². The van der Waals surface area contributed by atoms with Crippen molar-refractivity contribution in [2.75, 3.05) is 42.7 Å². The molecule has 0 aliphatic rings. The van der Waals surface area contributed by atoms with Crippen LogP contribution in [0.4, 0.5) is 22.7 Å². The third-order valence-electron chi connectivity index (χ3n) is 10.2. The van der Waals surface area contributed by atoms with Crippen LogP contribution in [0.15, 0.2) is 182 Å². The quantitative estimate of drug-likeness (QED) is 0.0379. The van der Waals surface area contributed by atoms with E-state index in [1.807, 2.05) is 12.1 Å². The Morgan fingerprint density at radius 3 is 0.564 bits per heavy atom. The summed E-state index contributed by atoms with van der Waals surface area (Å²) in [5, 5.41) is 51.6. The number of benzene rings is 8. The molecule has 0 fully saturated rings.